The Kier molecular flexibility index (Phi) is 4.51. The number of hydrogen-bond donors (Lipinski definition) is 2. The van der Waals surface area contributed by atoms with Crippen molar-refractivity contribution in [3.05, 3.63) is 73.1 Å². The number of fused-ring (bicyclic) bond motifs is 9. The van der Waals surface area contributed by atoms with Crippen molar-refractivity contribution in [2.45, 2.75) is 22.6 Å². The van der Waals surface area contributed by atoms with Gasteiger partial charge in [0.15, 0.2) is 0 Å². The smallest absolute Gasteiger partial charge is 0.305 e. The number of aromatic nitrogens is 1. The maximum absolute atomic E-state index is 13.7. The fourth-order valence-electron chi connectivity index (χ4n) is 6.96. The minimum atomic E-state index is -0.353. The van der Waals surface area contributed by atoms with Gasteiger partial charge in [0.2, 0.25) is 11.8 Å². The van der Waals surface area contributed by atoms with Crippen molar-refractivity contribution < 1.29 is 14.7 Å². The number of benzene rings is 2. The van der Waals surface area contributed by atoms with Crippen molar-refractivity contribution in [1.82, 2.24) is 4.98 Å². The lowest BCUT2D eigenvalue weighted by molar-refractivity contribution is -0.123. The quantitative estimate of drug-likeness (QED) is 0.452. The summed E-state index contributed by atoms with van der Waals surface area (Å²) in [6, 6.07) is 14.6. The number of nitrogens with zero attached hydrogens (tertiary/aromatic N) is 1. The van der Waals surface area contributed by atoms with Gasteiger partial charge in [-0.3, -0.25) is 19.3 Å². The van der Waals surface area contributed by atoms with E-state index in [-0.39, 0.29) is 63.2 Å². The van der Waals surface area contributed by atoms with E-state index in [0.29, 0.717) is 5.69 Å². The van der Waals surface area contributed by atoms with Gasteiger partial charge >= 0.3 is 4.87 Å². The van der Waals surface area contributed by atoms with Gasteiger partial charge in [-0.05, 0) is 54.5 Å². The largest absolute Gasteiger partial charge is 0.508 e. The second kappa shape index (κ2) is 7.32. The van der Waals surface area contributed by atoms with Crippen LogP contribution in [0.15, 0.2) is 62.8 Å². The van der Waals surface area contributed by atoms with Crippen molar-refractivity contribution in [2.24, 2.45) is 29.6 Å². The van der Waals surface area contributed by atoms with Crippen molar-refractivity contribution in [3.8, 4) is 5.75 Å². The molecule has 2 bridgehead atoms. The lowest BCUT2D eigenvalue weighted by atomic mass is 9.68. The Labute approximate surface area is 211 Å². The molecule has 3 fully saturated rings. The van der Waals surface area contributed by atoms with E-state index in [1.807, 2.05) is 24.3 Å². The highest BCUT2D eigenvalue weighted by atomic mass is 79.9. The molecule has 6 unspecified atom stereocenters. The van der Waals surface area contributed by atoms with Gasteiger partial charge in [-0.25, -0.2) is 0 Å². The molecule has 0 radical (unpaired) electrons. The number of rotatable bonds is 2. The van der Waals surface area contributed by atoms with E-state index in [9.17, 15) is 19.5 Å². The molecule has 2 aliphatic heterocycles. The monoisotopic (exact) mass is 554 g/mol. The lowest BCUT2D eigenvalue weighted by Gasteiger charge is -2.43. The second-order valence-corrected chi connectivity index (χ2v) is 12.6. The third kappa shape index (κ3) is 2.71. The summed E-state index contributed by atoms with van der Waals surface area (Å²) in [5, 5.41) is 11.7. The molecule has 172 valence electrons. The molecule has 2 saturated carbocycles. The topological polar surface area (TPSA) is 90.5 Å². The van der Waals surface area contributed by atoms with Gasteiger partial charge in [-0.1, -0.05) is 45.5 Å². The van der Waals surface area contributed by atoms with E-state index >= 15 is 0 Å². The number of hydrogen-bond acceptors (Lipinski definition) is 6. The molecule has 1 saturated heterocycles. The number of H-pyrrole nitrogens is 1. The number of imide groups is 1. The Morgan fingerprint density at radius 3 is 2.41 bits per heavy atom. The van der Waals surface area contributed by atoms with E-state index < -0.39 is 0 Å². The van der Waals surface area contributed by atoms with Gasteiger partial charge < -0.3 is 10.1 Å². The number of aromatic hydroxyl groups is 1. The summed E-state index contributed by atoms with van der Waals surface area (Å²) >= 11 is 6.26. The van der Waals surface area contributed by atoms with Crippen LogP contribution in [0.3, 0.4) is 0 Å². The van der Waals surface area contributed by atoms with E-state index in [1.54, 1.807) is 36.0 Å². The fraction of sp³-hybridized carbons (Fsp3) is 0.320. The molecule has 1 aromatic heterocycles. The van der Waals surface area contributed by atoms with E-state index in [4.69, 9.17) is 0 Å². The summed E-state index contributed by atoms with van der Waals surface area (Å²) in [6.07, 6.45) is 0.826. The number of phenols is 1. The van der Waals surface area contributed by atoms with E-state index in [1.165, 1.54) is 16.2 Å². The summed E-state index contributed by atoms with van der Waals surface area (Å²) in [4.78, 5) is 44.8. The first-order valence-corrected chi connectivity index (χ1v) is 13.7. The third-order valence-electron chi connectivity index (χ3n) is 8.08. The highest BCUT2D eigenvalue weighted by Gasteiger charge is 2.69. The van der Waals surface area contributed by atoms with Crippen LogP contribution in [0.25, 0.3) is 0 Å². The molecule has 6 nitrogen and oxygen atoms in total. The van der Waals surface area contributed by atoms with Crippen molar-refractivity contribution >= 4 is 56.5 Å². The number of nitrogens with one attached hydrogen (secondary N) is 1. The molecule has 4 aliphatic rings. The van der Waals surface area contributed by atoms with E-state index in [2.05, 4.69) is 20.9 Å². The Morgan fingerprint density at radius 2 is 1.68 bits per heavy atom. The summed E-state index contributed by atoms with van der Waals surface area (Å²) in [6.45, 7) is 0. The zero-order valence-electron chi connectivity index (χ0n) is 17.7. The molecule has 3 aromatic rings. The number of thioether (sulfide) groups is 1. The molecule has 7 rings (SSSR count). The van der Waals surface area contributed by atoms with Gasteiger partial charge in [-0.2, -0.15) is 0 Å². The van der Waals surface area contributed by atoms with Gasteiger partial charge in [0.1, 0.15) is 5.75 Å². The lowest BCUT2D eigenvalue weighted by Crippen LogP contribution is -2.42. The minimum Gasteiger partial charge on any atom is -0.508 e. The summed E-state index contributed by atoms with van der Waals surface area (Å²) in [5.74, 6) is -0.705. The standard InChI is InChI=1S/C25H19BrN2O4S2/c26-10-5-7-11(8-6-10)28-23(30)18-13-9-14(19(18)24(28)31)20-17(13)16(12-3-1-2-4-15(12)29)21-22(33-20)27-25(32)34-21/h1-8,13-14,16-20,29H,9H2,(H,27,32)/t13?,14?,16-,17?,18?,19?,20?/m1/s1. The van der Waals surface area contributed by atoms with Crippen LogP contribution < -0.4 is 9.77 Å². The fourth-order valence-corrected chi connectivity index (χ4v) is 10.1. The summed E-state index contributed by atoms with van der Waals surface area (Å²) in [5.41, 5.74) is 1.41. The number of thiazole rings is 1. The van der Waals surface area contributed by atoms with Crippen LogP contribution in [0.1, 0.15) is 22.8 Å². The van der Waals surface area contributed by atoms with Gasteiger partial charge in [0, 0.05) is 26.1 Å². The highest BCUT2D eigenvalue weighted by molar-refractivity contribution is 9.10. The number of phenolic OH excluding ortho intramolecular Hbond substituents is 1. The summed E-state index contributed by atoms with van der Waals surface area (Å²) in [7, 11) is 0. The van der Waals surface area contributed by atoms with Crippen LogP contribution in [0, 0.1) is 29.6 Å². The predicted octanol–water partition coefficient (Wildman–Crippen LogP) is 4.58. The number of para-hydroxylation sites is 1. The number of halogens is 1. The molecule has 3 heterocycles. The SMILES string of the molecule is O=C1C2C3CC(C2C(=O)N1c1ccc(Br)cc1)C1C3Sc2[nH]c(=O)sc2[C@@H]1c1ccccc1O. The van der Waals surface area contributed by atoms with Crippen LogP contribution in [-0.2, 0) is 9.59 Å². The zero-order chi connectivity index (χ0) is 23.3. The first kappa shape index (κ1) is 21.0. The maximum Gasteiger partial charge on any atom is 0.305 e. The molecule has 7 atom stereocenters. The molecule has 0 spiro atoms. The minimum absolute atomic E-state index is 0.0272. The van der Waals surface area contributed by atoms with Crippen LogP contribution in [0.4, 0.5) is 5.69 Å². The number of carbonyl (C=O) groups is 2. The molecule has 34 heavy (non-hydrogen) atoms. The Hall–Kier alpha value is -2.36. The molecule has 2 aromatic carbocycles. The Balaban J connectivity index is 1.34. The first-order chi connectivity index (χ1) is 16.4. The molecule has 2 amide bonds. The zero-order valence-corrected chi connectivity index (χ0v) is 20.9. The normalized spacial score (nSPS) is 33.2. The van der Waals surface area contributed by atoms with Crippen LogP contribution >= 0.6 is 39.0 Å². The Morgan fingerprint density at radius 1 is 0.971 bits per heavy atom. The number of anilines is 1. The number of carbonyl (C=O) groups excluding carboxylic acids is 2. The predicted molar refractivity (Wildman–Crippen MR) is 133 cm³/mol. The highest BCUT2D eigenvalue weighted by Crippen LogP contribution is 2.69. The first-order valence-electron chi connectivity index (χ1n) is 11.2. The van der Waals surface area contributed by atoms with Crippen molar-refractivity contribution in [2.75, 3.05) is 4.90 Å². The van der Waals surface area contributed by atoms with Gasteiger partial charge in [0.05, 0.1) is 22.5 Å². The molecular weight excluding hydrogens is 536 g/mol. The molecular formula is C25H19BrN2O4S2. The van der Waals surface area contributed by atoms with E-state index in [0.717, 1.165) is 26.4 Å². The molecule has 9 heteroatoms. The maximum atomic E-state index is 13.7. The average Bonchev–Trinajstić information content (AvgIpc) is 3.54. The van der Waals surface area contributed by atoms with Crippen LogP contribution in [0.5, 0.6) is 5.75 Å². The van der Waals surface area contributed by atoms with Crippen LogP contribution in [-0.4, -0.2) is 27.2 Å². The van der Waals surface area contributed by atoms with Crippen molar-refractivity contribution in [3.63, 3.8) is 0 Å². The number of aromatic amines is 1. The molecule has 2 N–H and O–H groups in total. The van der Waals surface area contributed by atoms with Gasteiger partial charge in [-0.15, -0.1) is 11.8 Å². The number of amides is 2. The second-order valence-electron chi connectivity index (χ2n) is 9.51. The van der Waals surface area contributed by atoms with Gasteiger partial charge in [0.25, 0.3) is 0 Å². The van der Waals surface area contributed by atoms with Crippen LogP contribution in [0.2, 0.25) is 0 Å². The average molecular weight is 555 g/mol. The summed E-state index contributed by atoms with van der Waals surface area (Å²) < 4.78 is 0.892. The molecule has 2 aliphatic carbocycles. The van der Waals surface area contributed by atoms with Crippen molar-refractivity contribution in [1.29, 1.82) is 0 Å². The third-order valence-corrected chi connectivity index (χ3v) is 11.2. The Bertz CT molecular complexity index is 1420.